The number of benzene rings is 2. The zero-order valence-electron chi connectivity index (χ0n) is 16.1. The lowest BCUT2D eigenvalue weighted by Crippen LogP contribution is -2.12. The first kappa shape index (κ1) is 20.2. The van der Waals surface area contributed by atoms with Gasteiger partial charge < -0.3 is 9.47 Å². The van der Waals surface area contributed by atoms with Gasteiger partial charge in [0.15, 0.2) is 0 Å². The van der Waals surface area contributed by atoms with E-state index in [9.17, 15) is 13.7 Å². The Labute approximate surface area is 169 Å². The van der Waals surface area contributed by atoms with Gasteiger partial charge in [-0.1, -0.05) is 6.07 Å². The highest BCUT2D eigenvalue weighted by Crippen LogP contribution is 2.28. The lowest BCUT2D eigenvalue weighted by Gasteiger charge is -2.12. The molecule has 8 heteroatoms. The molecule has 0 unspecified atom stereocenters. The number of anilines is 1. The number of aryl methyl sites for hydroxylation is 2. The van der Waals surface area contributed by atoms with Gasteiger partial charge in [0.05, 0.1) is 17.7 Å². The maximum absolute atomic E-state index is 12.6. The fourth-order valence-electron chi connectivity index (χ4n) is 2.72. The van der Waals surface area contributed by atoms with Crippen molar-refractivity contribution in [3.63, 3.8) is 0 Å². The number of ether oxygens (including phenoxy) is 2. The summed E-state index contributed by atoms with van der Waals surface area (Å²) < 4.78 is 38.6. The molecule has 0 atom stereocenters. The van der Waals surface area contributed by atoms with Crippen LogP contribution in [0.25, 0.3) is 0 Å². The number of aromatic nitrogens is 1. The van der Waals surface area contributed by atoms with Gasteiger partial charge >= 0.3 is 0 Å². The van der Waals surface area contributed by atoms with Gasteiger partial charge in [0.2, 0.25) is 5.88 Å². The lowest BCUT2D eigenvalue weighted by atomic mass is 10.1. The molecule has 0 saturated heterocycles. The molecule has 0 bridgehead atoms. The van der Waals surface area contributed by atoms with Gasteiger partial charge in [0.1, 0.15) is 23.1 Å². The molecule has 1 aromatic heterocycles. The topological polar surface area (TPSA) is 101 Å². The van der Waals surface area contributed by atoms with Crippen LogP contribution in [-0.2, 0) is 10.0 Å². The first-order valence-corrected chi connectivity index (χ1v) is 10.1. The van der Waals surface area contributed by atoms with E-state index < -0.39 is 10.0 Å². The van der Waals surface area contributed by atoms with E-state index in [-0.39, 0.29) is 10.8 Å². The molecule has 148 valence electrons. The molecule has 0 saturated carbocycles. The summed E-state index contributed by atoms with van der Waals surface area (Å²) in [5.41, 5.74) is 2.13. The Balaban J connectivity index is 1.86. The van der Waals surface area contributed by atoms with Gasteiger partial charge in [-0.25, -0.2) is 13.4 Å². The maximum Gasteiger partial charge on any atom is 0.261 e. The fraction of sp³-hybridized carbons (Fsp3) is 0.143. The molecule has 0 spiro atoms. The van der Waals surface area contributed by atoms with E-state index in [4.69, 9.17) is 9.47 Å². The van der Waals surface area contributed by atoms with Gasteiger partial charge in [0.25, 0.3) is 10.0 Å². The van der Waals surface area contributed by atoms with E-state index in [1.54, 1.807) is 50.2 Å². The van der Waals surface area contributed by atoms with Crippen LogP contribution in [0.4, 0.5) is 5.69 Å². The third-order valence-corrected chi connectivity index (χ3v) is 5.49. The minimum Gasteiger partial charge on any atom is -0.497 e. The van der Waals surface area contributed by atoms with Crippen molar-refractivity contribution in [2.45, 2.75) is 18.7 Å². The number of nitriles is 1. The van der Waals surface area contributed by atoms with Crippen molar-refractivity contribution in [2.24, 2.45) is 0 Å². The van der Waals surface area contributed by atoms with Crippen LogP contribution in [-0.4, -0.2) is 20.5 Å². The molecule has 1 N–H and O–H groups in total. The predicted molar refractivity (Wildman–Crippen MR) is 109 cm³/mol. The highest BCUT2D eigenvalue weighted by molar-refractivity contribution is 7.92. The number of pyridine rings is 1. The number of hydrogen-bond donors (Lipinski definition) is 1. The molecule has 0 aliphatic rings. The molecule has 3 rings (SSSR count). The van der Waals surface area contributed by atoms with Crippen molar-refractivity contribution < 1.29 is 17.9 Å². The van der Waals surface area contributed by atoms with Gasteiger partial charge in [-0.05, 0) is 61.9 Å². The smallest absolute Gasteiger partial charge is 0.261 e. The predicted octanol–water partition coefficient (Wildman–Crippen LogP) is 4.17. The van der Waals surface area contributed by atoms with Gasteiger partial charge in [-0.3, -0.25) is 4.72 Å². The summed E-state index contributed by atoms with van der Waals surface area (Å²) in [6, 6.07) is 16.4. The van der Waals surface area contributed by atoms with Crippen molar-refractivity contribution in [2.75, 3.05) is 11.8 Å². The molecule has 0 aliphatic heterocycles. The van der Waals surface area contributed by atoms with E-state index in [0.717, 1.165) is 5.56 Å². The standard InChI is InChI=1S/C21H19N3O4S/c1-14-11-15(2)23-21(20(14)13-22)28-18-6-4-5-16(12-18)24-29(25,26)19-9-7-17(27-3)8-10-19/h4-12,24H,1-3H3. The van der Waals surface area contributed by atoms with Crippen LogP contribution in [0, 0.1) is 25.2 Å². The largest absolute Gasteiger partial charge is 0.497 e. The highest BCUT2D eigenvalue weighted by Gasteiger charge is 2.15. The second-order valence-electron chi connectivity index (χ2n) is 6.28. The third-order valence-electron chi connectivity index (χ3n) is 4.09. The van der Waals surface area contributed by atoms with Crippen LogP contribution < -0.4 is 14.2 Å². The number of hydrogen-bond acceptors (Lipinski definition) is 6. The zero-order valence-corrected chi connectivity index (χ0v) is 16.9. The van der Waals surface area contributed by atoms with Crippen molar-refractivity contribution in [1.29, 1.82) is 5.26 Å². The van der Waals surface area contributed by atoms with Crippen LogP contribution in [0.15, 0.2) is 59.5 Å². The minimum atomic E-state index is -3.78. The molecule has 0 fully saturated rings. The molecule has 3 aromatic rings. The van der Waals surface area contributed by atoms with Crippen LogP contribution in [0.1, 0.15) is 16.8 Å². The number of methoxy groups -OCH3 is 1. The van der Waals surface area contributed by atoms with Crippen LogP contribution in [0.5, 0.6) is 17.4 Å². The molecule has 0 amide bonds. The number of rotatable bonds is 6. The van der Waals surface area contributed by atoms with E-state index >= 15 is 0 Å². The molecule has 7 nitrogen and oxygen atoms in total. The van der Waals surface area contributed by atoms with E-state index in [1.807, 2.05) is 0 Å². The van der Waals surface area contributed by atoms with Crippen LogP contribution in [0.3, 0.4) is 0 Å². The van der Waals surface area contributed by atoms with Gasteiger partial charge in [-0.2, -0.15) is 5.26 Å². The fourth-order valence-corrected chi connectivity index (χ4v) is 3.77. The van der Waals surface area contributed by atoms with Gasteiger partial charge in [-0.15, -0.1) is 0 Å². The Morgan fingerprint density at radius 3 is 2.41 bits per heavy atom. The quantitative estimate of drug-likeness (QED) is 0.656. The van der Waals surface area contributed by atoms with Crippen molar-refractivity contribution in [3.8, 4) is 23.4 Å². The van der Waals surface area contributed by atoms with Crippen LogP contribution in [0.2, 0.25) is 0 Å². The number of sulfonamides is 1. The van der Waals surface area contributed by atoms with E-state index in [2.05, 4.69) is 15.8 Å². The molecule has 0 aliphatic carbocycles. The SMILES string of the molecule is COc1ccc(S(=O)(=O)Nc2cccc(Oc3nc(C)cc(C)c3C#N)c2)cc1. The Morgan fingerprint density at radius 2 is 1.76 bits per heavy atom. The normalized spacial score (nSPS) is 10.8. The zero-order chi connectivity index (χ0) is 21.0. The van der Waals surface area contributed by atoms with E-state index in [0.29, 0.717) is 28.4 Å². The van der Waals surface area contributed by atoms with Gasteiger partial charge in [0, 0.05) is 11.8 Å². The van der Waals surface area contributed by atoms with Crippen molar-refractivity contribution in [3.05, 3.63) is 71.4 Å². The Bertz CT molecular complexity index is 1180. The average Bonchev–Trinajstić information content (AvgIpc) is 2.68. The first-order valence-electron chi connectivity index (χ1n) is 8.65. The summed E-state index contributed by atoms with van der Waals surface area (Å²) in [7, 11) is -2.27. The molecular weight excluding hydrogens is 390 g/mol. The highest BCUT2D eigenvalue weighted by atomic mass is 32.2. The molecule has 0 radical (unpaired) electrons. The maximum atomic E-state index is 12.6. The second-order valence-corrected chi connectivity index (χ2v) is 7.97. The minimum absolute atomic E-state index is 0.104. The lowest BCUT2D eigenvalue weighted by molar-refractivity contribution is 0.414. The summed E-state index contributed by atoms with van der Waals surface area (Å²) in [5, 5.41) is 9.37. The molecule has 29 heavy (non-hydrogen) atoms. The summed E-state index contributed by atoms with van der Waals surface area (Å²) in [6.07, 6.45) is 0. The Morgan fingerprint density at radius 1 is 1.03 bits per heavy atom. The molecular formula is C21H19N3O4S. The van der Waals surface area contributed by atoms with E-state index in [1.165, 1.54) is 25.3 Å². The molecule has 1 heterocycles. The molecule has 2 aromatic carbocycles. The summed E-state index contributed by atoms with van der Waals surface area (Å²) >= 11 is 0. The number of nitrogens with one attached hydrogen (secondary N) is 1. The average molecular weight is 409 g/mol. The summed E-state index contributed by atoms with van der Waals surface area (Å²) in [6.45, 7) is 3.61. The Kier molecular flexibility index (Phi) is 5.71. The first-order chi connectivity index (χ1) is 13.8. The summed E-state index contributed by atoms with van der Waals surface area (Å²) in [5.74, 6) is 1.10. The second kappa shape index (κ2) is 8.20. The van der Waals surface area contributed by atoms with Crippen molar-refractivity contribution >= 4 is 15.7 Å². The summed E-state index contributed by atoms with van der Waals surface area (Å²) in [4.78, 5) is 4.38. The Hall–Kier alpha value is -3.57. The van der Waals surface area contributed by atoms with Crippen molar-refractivity contribution in [1.82, 2.24) is 4.98 Å². The monoisotopic (exact) mass is 409 g/mol. The third kappa shape index (κ3) is 4.65. The van der Waals surface area contributed by atoms with Crippen LogP contribution >= 0.6 is 0 Å². The number of nitrogens with zero attached hydrogens (tertiary/aromatic N) is 2.